The van der Waals surface area contributed by atoms with Gasteiger partial charge in [0, 0.05) is 25.2 Å². The molecule has 1 aliphatic heterocycles. The van der Waals surface area contributed by atoms with Gasteiger partial charge in [-0.05, 0) is 24.0 Å². The highest BCUT2D eigenvalue weighted by Gasteiger charge is 2.35. The van der Waals surface area contributed by atoms with Crippen LogP contribution in [0.5, 0.6) is 0 Å². The molecule has 0 spiro atoms. The monoisotopic (exact) mass is 288 g/mol. The number of nitrogens with one attached hydrogen (secondary N) is 1. The SMILES string of the molecule is CCCNC(=O)C1CC(=O)N(c2ccccc2C(C)C)C1. The van der Waals surface area contributed by atoms with E-state index in [1.165, 1.54) is 0 Å². The minimum absolute atomic E-state index is 0.00488. The standard InChI is InChI=1S/C17H24N2O2/c1-4-9-18-17(21)13-10-16(20)19(11-13)15-8-6-5-7-14(15)12(2)3/h5-8,12-13H,4,9-11H2,1-3H3,(H,18,21). The topological polar surface area (TPSA) is 49.4 Å². The van der Waals surface area contributed by atoms with Gasteiger partial charge in [-0.25, -0.2) is 0 Å². The third-order valence-corrected chi connectivity index (χ3v) is 3.89. The second kappa shape index (κ2) is 6.74. The van der Waals surface area contributed by atoms with Crippen LogP contribution in [0.3, 0.4) is 0 Å². The van der Waals surface area contributed by atoms with Crippen molar-refractivity contribution in [3.8, 4) is 0 Å². The maximum Gasteiger partial charge on any atom is 0.227 e. The Balaban J connectivity index is 2.15. The van der Waals surface area contributed by atoms with E-state index >= 15 is 0 Å². The van der Waals surface area contributed by atoms with E-state index in [1.54, 1.807) is 4.90 Å². The zero-order valence-corrected chi connectivity index (χ0v) is 13.1. The van der Waals surface area contributed by atoms with Crippen molar-refractivity contribution in [2.24, 2.45) is 5.92 Å². The van der Waals surface area contributed by atoms with Gasteiger partial charge in [-0.2, -0.15) is 0 Å². The van der Waals surface area contributed by atoms with Crippen LogP contribution in [-0.4, -0.2) is 24.9 Å². The van der Waals surface area contributed by atoms with Gasteiger partial charge in [0.25, 0.3) is 0 Å². The molecule has 1 aliphatic rings. The molecule has 0 bridgehead atoms. The second-order valence-corrected chi connectivity index (χ2v) is 5.91. The van der Waals surface area contributed by atoms with Gasteiger partial charge in [0.1, 0.15) is 0 Å². The molecule has 0 radical (unpaired) electrons. The van der Waals surface area contributed by atoms with E-state index in [0.717, 1.165) is 17.7 Å². The molecule has 114 valence electrons. The minimum atomic E-state index is -0.232. The van der Waals surface area contributed by atoms with Crippen LogP contribution >= 0.6 is 0 Å². The number of carbonyl (C=O) groups is 2. The molecule has 1 atom stereocenters. The number of rotatable bonds is 5. The molecule has 1 aromatic carbocycles. The summed E-state index contributed by atoms with van der Waals surface area (Å²) in [5.74, 6) is 0.153. The van der Waals surface area contributed by atoms with Crippen LogP contribution < -0.4 is 10.2 Å². The Morgan fingerprint density at radius 1 is 1.38 bits per heavy atom. The summed E-state index contributed by atoms with van der Waals surface area (Å²) in [6, 6.07) is 7.96. The first-order valence-electron chi connectivity index (χ1n) is 7.71. The minimum Gasteiger partial charge on any atom is -0.356 e. The Bertz CT molecular complexity index is 525. The third kappa shape index (κ3) is 3.43. The van der Waals surface area contributed by atoms with Crippen molar-refractivity contribution >= 4 is 17.5 Å². The summed E-state index contributed by atoms with van der Waals surface area (Å²) >= 11 is 0. The van der Waals surface area contributed by atoms with Crippen molar-refractivity contribution in [2.75, 3.05) is 18.0 Å². The zero-order valence-electron chi connectivity index (χ0n) is 13.1. The van der Waals surface area contributed by atoms with E-state index < -0.39 is 0 Å². The maximum absolute atomic E-state index is 12.3. The molecule has 4 nitrogen and oxygen atoms in total. The first kappa shape index (κ1) is 15.5. The van der Waals surface area contributed by atoms with Crippen molar-refractivity contribution in [1.82, 2.24) is 5.32 Å². The molecular formula is C17H24N2O2. The lowest BCUT2D eigenvalue weighted by atomic mass is 10.0. The number of anilines is 1. The lowest BCUT2D eigenvalue weighted by molar-refractivity contribution is -0.126. The molecule has 1 fully saturated rings. The largest absolute Gasteiger partial charge is 0.356 e. The van der Waals surface area contributed by atoms with Crippen LogP contribution in [-0.2, 0) is 9.59 Å². The summed E-state index contributed by atoms with van der Waals surface area (Å²) in [5.41, 5.74) is 2.10. The highest BCUT2D eigenvalue weighted by molar-refractivity contribution is 6.00. The van der Waals surface area contributed by atoms with E-state index in [-0.39, 0.29) is 17.7 Å². The van der Waals surface area contributed by atoms with E-state index in [4.69, 9.17) is 0 Å². The molecule has 2 rings (SSSR count). The molecule has 2 amide bonds. The summed E-state index contributed by atoms with van der Waals surface area (Å²) < 4.78 is 0. The lowest BCUT2D eigenvalue weighted by Crippen LogP contribution is -2.33. The highest BCUT2D eigenvalue weighted by atomic mass is 16.2. The van der Waals surface area contributed by atoms with E-state index in [9.17, 15) is 9.59 Å². The molecule has 1 saturated heterocycles. The summed E-state index contributed by atoms with van der Waals surface area (Å²) in [6.07, 6.45) is 1.22. The van der Waals surface area contributed by atoms with Gasteiger partial charge >= 0.3 is 0 Å². The fourth-order valence-corrected chi connectivity index (χ4v) is 2.73. The second-order valence-electron chi connectivity index (χ2n) is 5.91. The average molecular weight is 288 g/mol. The van der Waals surface area contributed by atoms with Crippen molar-refractivity contribution in [3.63, 3.8) is 0 Å². The van der Waals surface area contributed by atoms with E-state index in [1.807, 2.05) is 25.1 Å². The highest BCUT2D eigenvalue weighted by Crippen LogP contribution is 2.32. The van der Waals surface area contributed by atoms with Crippen molar-refractivity contribution < 1.29 is 9.59 Å². The molecule has 1 unspecified atom stereocenters. The predicted octanol–water partition coefficient (Wildman–Crippen LogP) is 2.69. The Morgan fingerprint density at radius 3 is 2.76 bits per heavy atom. The molecule has 4 heteroatoms. The molecular weight excluding hydrogens is 264 g/mol. The Hall–Kier alpha value is -1.84. The van der Waals surface area contributed by atoms with Gasteiger partial charge in [0.2, 0.25) is 11.8 Å². The summed E-state index contributed by atoms with van der Waals surface area (Å²) in [7, 11) is 0. The molecule has 1 heterocycles. The van der Waals surface area contributed by atoms with E-state index in [2.05, 4.69) is 25.2 Å². The first-order valence-corrected chi connectivity index (χ1v) is 7.71. The van der Waals surface area contributed by atoms with Crippen molar-refractivity contribution in [3.05, 3.63) is 29.8 Å². The van der Waals surface area contributed by atoms with Gasteiger partial charge in [0.05, 0.1) is 5.92 Å². The van der Waals surface area contributed by atoms with Crippen LogP contribution in [0.4, 0.5) is 5.69 Å². The van der Waals surface area contributed by atoms with Crippen molar-refractivity contribution in [2.45, 2.75) is 39.5 Å². The Morgan fingerprint density at radius 2 is 2.10 bits per heavy atom. The molecule has 0 aliphatic carbocycles. The first-order chi connectivity index (χ1) is 10.0. The average Bonchev–Trinajstić information content (AvgIpc) is 2.86. The van der Waals surface area contributed by atoms with Crippen LogP contribution in [0, 0.1) is 5.92 Å². The van der Waals surface area contributed by atoms with Crippen LogP contribution in [0.2, 0.25) is 0 Å². The Labute approximate surface area is 126 Å². The summed E-state index contributed by atoms with van der Waals surface area (Å²) in [4.78, 5) is 26.1. The predicted molar refractivity (Wildman–Crippen MR) is 84.3 cm³/mol. The van der Waals surface area contributed by atoms with Crippen LogP contribution in [0.1, 0.15) is 45.1 Å². The number of carbonyl (C=O) groups excluding carboxylic acids is 2. The summed E-state index contributed by atoms with van der Waals surface area (Å²) in [5, 5.41) is 2.89. The molecule has 0 aromatic heterocycles. The molecule has 0 saturated carbocycles. The number of amides is 2. The van der Waals surface area contributed by atoms with Gasteiger partial charge in [-0.15, -0.1) is 0 Å². The smallest absolute Gasteiger partial charge is 0.227 e. The van der Waals surface area contributed by atoms with Crippen LogP contribution in [0.25, 0.3) is 0 Å². The number of benzene rings is 1. The maximum atomic E-state index is 12.3. The van der Waals surface area contributed by atoms with Gasteiger partial charge in [-0.3, -0.25) is 9.59 Å². The number of nitrogens with zero attached hydrogens (tertiary/aromatic N) is 1. The molecule has 1 N–H and O–H groups in total. The fourth-order valence-electron chi connectivity index (χ4n) is 2.73. The third-order valence-electron chi connectivity index (χ3n) is 3.89. The zero-order chi connectivity index (χ0) is 15.4. The normalized spacial score (nSPS) is 18.4. The molecule has 21 heavy (non-hydrogen) atoms. The number of hydrogen-bond donors (Lipinski definition) is 1. The van der Waals surface area contributed by atoms with Gasteiger partial charge in [0.15, 0.2) is 0 Å². The van der Waals surface area contributed by atoms with E-state index in [0.29, 0.717) is 25.4 Å². The number of hydrogen-bond acceptors (Lipinski definition) is 2. The van der Waals surface area contributed by atoms with Crippen molar-refractivity contribution in [1.29, 1.82) is 0 Å². The fraction of sp³-hybridized carbons (Fsp3) is 0.529. The Kier molecular flexibility index (Phi) is 4.99. The quantitative estimate of drug-likeness (QED) is 0.905. The van der Waals surface area contributed by atoms with Crippen LogP contribution in [0.15, 0.2) is 24.3 Å². The molecule has 1 aromatic rings. The van der Waals surface area contributed by atoms with Gasteiger partial charge < -0.3 is 10.2 Å². The number of para-hydroxylation sites is 1. The van der Waals surface area contributed by atoms with Gasteiger partial charge in [-0.1, -0.05) is 39.0 Å². The summed E-state index contributed by atoms with van der Waals surface area (Å²) in [6.45, 7) is 7.41. The lowest BCUT2D eigenvalue weighted by Gasteiger charge is -2.22.